The van der Waals surface area contributed by atoms with Crippen LogP contribution in [0.15, 0.2) is 18.2 Å². The molecule has 0 saturated heterocycles. The number of benzene rings is 1. The van der Waals surface area contributed by atoms with Crippen LogP contribution in [0.3, 0.4) is 0 Å². The van der Waals surface area contributed by atoms with E-state index < -0.39 is 5.67 Å². The lowest BCUT2D eigenvalue weighted by atomic mass is 9.92. The Kier molecular flexibility index (Phi) is 1.68. The highest BCUT2D eigenvalue weighted by molar-refractivity contribution is 5.51. The molecule has 1 aliphatic rings. The van der Waals surface area contributed by atoms with E-state index in [0.29, 0.717) is 30.0 Å². The standard InChI is InChI=1S/C10H12FNO/c1-10(11)4-5-13-9-6-7(12)2-3-8(9)10/h2-3,6H,4-5,12H2,1H3. The fraction of sp³-hybridized carbons (Fsp3) is 0.400. The molecule has 3 heteroatoms. The molecule has 0 fully saturated rings. The Labute approximate surface area is 76.5 Å². The predicted octanol–water partition coefficient (Wildman–Crippen LogP) is 2.24. The van der Waals surface area contributed by atoms with Crippen LogP contribution in [-0.2, 0) is 5.67 Å². The Morgan fingerprint density at radius 2 is 2.31 bits per heavy atom. The zero-order valence-electron chi connectivity index (χ0n) is 7.51. The molecule has 1 atom stereocenters. The Bertz CT molecular complexity index is 336. The van der Waals surface area contributed by atoms with Gasteiger partial charge in [0.25, 0.3) is 0 Å². The van der Waals surface area contributed by atoms with E-state index in [1.165, 1.54) is 0 Å². The zero-order valence-corrected chi connectivity index (χ0v) is 7.51. The normalized spacial score (nSPS) is 26.3. The zero-order chi connectivity index (χ0) is 9.47. The molecule has 1 aliphatic heterocycles. The van der Waals surface area contributed by atoms with E-state index >= 15 is 0 Å². The van der Waals surface area contributed by atoms with Crippen LogP contribution >= 0.6 is 0 Å². The minimum absolute atomic E-state index is 0.407. The van der Waals surface area contributed by atoms with E-state index in [4.69, 9.17) is 10.5 Å². The lowest BCUT2D eigenvalue weighted by molar-refractivity contribution is 0.110. The van der Waals surface area contributed by atoms with Gasteiger partial charge in [-0.1, -0.05) is 6.07 Å². The Morgan fingerprint density at radius 3 is 3.08 bits per heavy atom. The average Bonchev–Trinajstić information content (AvgIpc) is 2.02. The van der Waals surface area contributed by atoms with Crippen molar-refractivity contribution in [1.82, 2.24) is 0 Å². The fourth-order valence-electron chi connectivity index (χ4n) is 1.58. The number of halogens is 1. The molecule has 13 heavy (non-hydrogen) atoms. The van der Waals surface area contributed by atoms with E-state index in [2.05, 4.69) is 0 Å². The van der Waals surface area contributed by atoms with Crippen molar-refractivity contribution in [3.8, 4) is 5.75 Å². The van der Waals surface area contributed by atoms with Crippen molar-refractivity contribution in [2.45, 2.75) is 19.0 Å². The average molecular weight is 181 g/mol. The van der Waals surface area contributed by atoms with Gasteiger partial charge in [0.15, 0.2) is 0 Å². The first-order valence-corrected chi connectivity index (χ1v) is 4.31. The summed E-state index contributed by atoms with van der Waals surface area (Å²) in [7, 11) is 0. The third kappa shape index (κ3) is 1.34. The van der Waals surface area contributed by atoms with E-state index in [1.807, 2.05) is 0 Å². The Hall–Kier alpha value is -1.25. The topological polar surface area (TPSA) is 35.2 Å². The highest BCUT2D eigenvalue weighted by Gasteiger charge is 2.32. The molecule has 0 radical (unpaired) electrons. The molecular formula is C10H12FNO. The van der Waals surface area contributed by atoms with Crippen molar-refractivity contribution >= 4 is 5.69 Å². The summed E-state index contributed by atoms with van der Waals surface area (Å²) >= 11 is 0. The maximum absolute atomic E-state index is 13.9. The summed E-state index contributed by atoms with van der Waals surface area (Å²) < 4.78 is 19.2. The van der Waals surface area contributed by atoms with E-state index in [1.54, 1.807) is 25.1 Å². The van der Waals surface area contributed by atoms with Gasteiger partial charge in [-0.25, -0.2) is 4.39 Å². The number of anilines is 1. The Balaban J connectivity index is 2.53. The molecule has 0 spiro atoms. The molecule has 0 amide bonds. The number of fused-ring (bicyclic) bond motifs is 1. The van der Waals surface area contributed by atoms with Crippen LogP contribution < -0.4 is 10.5 Å². The van der Waals surface area contributed by atoms with Crippen molar-refractivity contribution in [1.29, 1.82) is 0 Å². The lowest BCUT2D eigenvalue weighted by Crippen LogP contribution is -2.25. The Morgan fingerprint density at radius 1 is 1.54 bits per heavy atom. The molecule has 0 aliphatic carbocycles. The quantitative estimate of drug-likeness (QED) is 0.623. The van der Waals surface area contributed by atoms with Gasteiger partial charge in [0.2, 0.25) is 0 Å². The van der Waals surface area contributed by atoms with Gasteiger partial charge in [-0.3, -0.25) is 0 Å². The monoisotopic (exact) mass is 181 g/mol. The number of ether oxygens (including phenoxy) is 1. The summed E-state index contributed by atoms with van der Waals surface area (Å²) in [5.74, 6) is 0.580. The summed E-state index contributed by atoms with van der Waals surface area (Å²) in [6.07, 6.45) is 0.407. The van der Waals surface area contributed by atoms with Crippen LogP contribution in [0.2, 0.25) is 0 Å². The van der Waals surface area contributed by atoms with Gasteiger partial charge in [-0.15, -0.1) is 0 Å². The molecule has 0 bridgehead atoms. The molecule has 2 N–H and O–H groups in total. The second-order valence-electron chi connectivity index (χ2n) is 3.55. The van der Waals surface area contributed by atoms with Gasteiger partial charge >= 0.3 is 0 Å². The van der Waals surface area contributed by atoms with Crippen LogP contribution in [0.4, 0.5) is 10.1 Å². The molecule has 1 aromatic rings. The number of nitrogen functional groups attached to an aromatic ring is 1. The first-order valence-electron chi connectivity index (χ1n) is 4.31. The highest BCUT2D eigenvalue weighted by Crippen LogP contribution is 2.40. The molecule has 70 valence electrons. The maximum atomic E-state index is 13.9. The van der Waals surface area contributed by atoms with E-state index in [9.17, 15) is 4.39 Å². The predicted molar refractivity (Wildman–Crippen MR) is 49.4 cm³/mol. The number of rotatable bonds is 0. The third-order valence-corrected chi connectivity index (χ3v) is 2.40. The van der Waals surface area contributed by atoms with Gasteiger partial charge in [0, 0.05) is 23.7 Å². The van der Waals surface area contributed by atoms with Crippen molar-refractivity contribution in [2.24, 2.45) is 0 Å². The molecule has 2 nitrogen and oxygen atoms in total. The van der Waals surface area contributed by atoms with Gasteiger partial charge < -0.3 is 10.5 Å². The summed E-state index contributed by atoms with van der Waals surface area (Å²) in [6, 6.07) is 5.07. The largest absolute Gasteiger partial charge is 0.493 e. The minimum Gasteiger partial charge on any atom is -0.493 e. The second-order valence-corrected chi connectivity index (χ2v) is 3.55. The van der Waals surface area contributed by atoms with Gasteiger partial charge in [0.1, 0.15) is 11.4 Å². The van der Waals surface area contributed by atoms with Crippen LogP contribution in [0.25, 0.3) is 0 Å². The van der Waals surface area contributed by atoms with Gasteiger partial charge in [0.05, 0.1) is 6.61 Å². The molecule has 1 heterocycles. The van der Waals surface area contributed by atoms with Crippen LogP contribution in [0, 0.1) is 0 Å². The van der Waals surface area contributed by atoms with Crippen molar-refractivity contribution in [3.63, 3.8) is 0 Å². The van der Waals surface area contributed by atoms with Crippen molar-refractivity contribution in [3.05, 3.63) is 23.8 Å². The molecule has 1 unspecified atom stereocenters. The van der Waals surface area contributed by atoms with Crippen LogP contribution in [-0.4, -0.2) is 6.61 Å². The summed E-state index contributed by atoms with van der Waals surface area (Å²) in [6.45, 7) is 1.99. The van der Waals surface area contributed by atoms with Crippen LogP contribution in [0.1, 0.15) is 18.9 Å². The minimum atomic E-state index is -1.28. The fourth-order valence-corrected chi connectivity index (χ4v) is 1.58. The highest BCUT2D eigenvalue weighted by atomic mass is 19.1. The number of alkyl halides is 1. The molecule has 0 aromatic heterocycles. The first-order chi connectivity index (χ1) is 6.09. The second kappa shape index (κ2) is 2.62. The maximum Gasteiger partial charge on any atom is 0.140 e. The van der Waals surface area contributed by atoms with E-state index in [-0.39, 0.29) is 0 Å². The third-order valence-electron chi connectivity index (χ3n) is 2.40. The number of hydrogen-bond acceptors (Lipinski definition) is 2. The summed E-state index contributed by atoms with van der Waals surface area (Å²) in [4.78, 5) is 0. The number of hydrogen-bond donors (Lipinski definition) is 1. The SMILES string of the molecule is CC1(F)CCOc2cc(N)ccc21. The van der Waals surface area contributed by atoms with Crippen molar-refractivity contribution < 1.29 is 9.13 Å². The summed E-state index contributed by atoms with van der Waals surface area (Å²) in [5.41, 5.74) is 5.50. The first kappa shape index (κ1) is 8.35. The van der Waals surface area contributed by atoms with Crippen LogP contribution in [0.5, 0.6) is 5.75 Å². The molecule has 2 rings (SSSR count). The molecular weight excluding hydrogens is 169 g/mol. The number of nitrogens with two attached hydrogens (primary N) is 1. The molecule has 1 aromatic carbocycles. The van der Waals surface area contributed by atoms with E-state index in [0.717, 1.165) is 0 Å². The van der Waals surface area contributed by atoms with Gasteiger partial charge in [-0.2, -0.15) is 0 Å². The summed E-state index contributed by atoms with van der Waals surface area (Å²) in [5, 5.41) is 0. The lowest BCUT2D eigenvalue weighted by Gasteiger charge is -2.28. The van der Waals surface area contributed by atoms with Crippen molar-refractivity contribution in [2.75, 3.05) is 12.3 Å². The smallest absolute Gasteiger partial charge is 0.140 e. The van der Waals surface area contributed by atoms with Gasteiger partial charge in [-0.05, 0) is 13.0 Å². The molecule has 0 saturated carbocycles.